The first kappa shape index (κ1) is 35.6. The number of halogens is 1. The zero-order chi connectivity index (χ0) is 33.8. The summed E-state index contributed by atoms with van der Waals surface area (Å²) in [5, 5.41) is 48.1. The summed E-state index contributed by atoms with van der Waals surface area (Å²) >= 11 is 1.18. The van der Waals surface area contributed by atoms with Crippen molar-refractivity contribution in [2.24, 2.45) is 17.8 Å². The van der Waals surface area contributed by atoms with Gasteiger partial charge >= 0.3 is 6.09 Å². The molecule has 47 heavy (non-hydrogen) atoms. The van der Waals surface area contributed by atoms with Crippen LogP contribution in [0.5, 0.6) is 0 Å². The SMILES string of the molecule is CC(C)C[C@@H]1CCO[C@H]2C(C(=O)N[C@@H]3C/C=C\C[C@@H](CNC(=O)c4ccc(F)cc4)S[C@H]4O[C@H]3[C@H](O)[C@H](O)[C@H]4O)N(C(=O)O)C[C@@H]2C1. The zero-order valence-corrected chi connectivity index (χ0v) is 27.4. The molecule has 5 rings (SSSR count). The first-order chi connectivity index (χ1) is 22.4. The third kappa shape index (κ3) is 8.46. The van der Waals surface area contributed by atoms with Crippen LogP contribution in [0.3, 0.4) is 0 Å². The lowest BCUT2D eigenvalue weighted by Gasteiger charge is -2.44. The number of carbonyl (C=O) groups is 3. The topological polar surface area (TPSA) is 178 Å². The lowest BCUT2D eigenvalue weighted by molar-refractivity contribution is -0.205. The maximum atomic E-state index is 13.9. The number of likely N-dealkylation sites (tertiary alicyclic amines) is 1. The number of hydrogen-bond donors (Lipinski definition) is 6. The second-order valence-electron chi connectivity index (χ2n) is 13.5. The second-order valence-corrected chi connectivity index (χ2v) is 14.9. The maximum absolute atomic E-state index is 13.9. The van der Waals surface area contributed by atoms with E-state index >= 15 is 0 Å². The third-order valence-corrected chi connectivity index (χ3v) is 10.9. The summed E-state index contributed by atoms with van der Waals surface area (Å²) in [5.41, 5.74) is -0.718. The van der Waals surface area contributed by atoms with Crippen LogP contribution in [0.25, 0.3) is 0 Å². The second kappa shape index (κ2) is 15.6. The molecule has 12 nitrogen and oxygen atoms in total. The minimum atomic E-state index is -1.59. The Hall–Kier alpha value is -2.75. The van der Waals surface area contributed by atoms with Gasteiger partial charge in [-0.05, 0) is 68.2 Å². The minimum absolute atomic E-state index is 0.133. The van der Waals surface area contributed by atoms with Crippen LogP contribution in [0, 0.1) is 23.6 Å². The Balaban J connectivity index is 1.30. The highest BCUT2D eigenvalue weighted by Gasteiger charge is 2.52. The number of nitrogens with zero attached hydrogens (tertiary/aromatic N) is 1. The predicted octanol–water partition coefficient (Wildman–Crippen LogP) is 2.12. The van der Waals surface area contributed by atoms with Crippen LogP contribution in [0.2, 0.25) is 0 Å². The number of aliphatic hydroxyl groups excluding tert-OH is 3. The molecule has 0 aromatic heterocycles. The highest BCUT2D eigenvalue weighted by Crippen LogP contribution is 2.38. The number of ether oxygens (including phenoxy) is 2. The summed E-state index contributed by atoms with van der Waals surface area (Å²) in [6, 6.07) is 3.20. The molecule has 14 heteroatoms. The van der Waals surface area contributed by atoms with Gasteiger partial charge in [-0.15, -0.1) is 11.8 Å². The number of amides is 3. The number of fused-ring (bicyclic) bond motifs is 3. The number of thioether (sulfide) groups is 1. The molecule has 4 heterocycles. The van der Waals surface area contributed by atoms with E-state index in [0.29, 0.717) is 24.9 Å². The normalized spacial score (nSPS) is 36.6. The van der Waals surface area contributed by atoms with E-state index in [0.717, 1.165) is 24.2 Å². The number of benzene rings is 1. The summed E-state index contributed by atoms with van der Waals surface area (Å²) in [5.74, 6) is -0.694. The van der Waals surface area contributed by atoms with Crippen LogP contribution in [-0.2, 0) is 14.3 Å². The third-order valence-electron chi connectivity index (χ3n) is 9.54. The summed E-state index contributed by atoms with van der Waals surface area (Å²) < 4.78 is 25.6. The first-order valence-electron chi connectivity index (χ1n) is 16.4. The molecule has 4 aliphatic rings. The number of rotatable bonds is 7. The smallest absolute Gasteiger partial charge is 0.408 e. The van der Waals surface area contributed by atoms with E-state index in [-0.39, 0.29) is 36.2 Å². The van der Waals surface area contributed by atoms with Crippen molar-refractivity contribution in [1.82, 2.24) is 15.5 Å². The Morgan fingerprint density at radius 2 is 1.77 bits per heavy atom. The highest BCUT2D eigenvalue weighted by atomic mass is 32.2. The van der Waals surface area contributed by atoms with E-state index in [1.165, 1.54) is 36.0 Å². The standard InChI is InChI=1S/C33H46FN3O9S/c1-17(2)13-18-11-12-45-28-20(14-18)16-37(33(43)44)24(28)31(42)36-23-6-4-3-5-22(15-35-30(41)19-7-9-21(34)10-8-19)47-32-27(40)25(38)26(39)29(23)46-32/h3-4,7-10,17-18,20,22-29,32,38-40H,5-6,11-16H2,1-2H3,(H,35,41)(H,36,42)(H,43,44)/b4-3-/t18-,20-,22-,23+,24?,25-,26+,27+,28+,29+,32+/m0/s1. The van der Waals surface area contributed by atoms with Crippen LogP contribution in [-0.4, -0.2) is 116 Å². The van der Waals surface area contributed by atoms with E-state index in [2.05, 4.69) is 24.5 Å². The van der Waals surface area contributed by atoms with Gasteiger partial charge in [0, 0.05) is 36.4 Å². The van der Waals surface area contributed by atoms with Crippen LogP contribution in [0.4, 0.5) is 9.18 Å². The van der Waals surface area contributed by atoms with Gasteiger partial charge in [0.05, 0.1) is 12.1 Å². The number of aliphatic hydroxyl groups is 3. The Kier molecular flexibility index (Phi) is 11.8. The monoisotopic (exact) mass is 679 g/mol. The van der Waals surface area contributed by atoms with E-state index in [4.69, 9.17) is 9.47 Å². The molecule has 0 saturated carbocycles. The largest absolute Gasteiger partial charge is 0.465 e. The van der Waals surface area contributed by atoms with E-state index < -0.39 is 71.8 Å². The quantitative estimate of drug-likeness (QED) is 0.234. The van der Waals surface area contributed by atoms with Gasteiger partial charge in [0.15, 0.2) is 0 Å². The van der Waals surface area contributed by atoms with E-state index in [9.17, 15) is 39.2 Å². The van der Waals surface area contributed by atoms with Crippen molar-refractivity contribution in [3.05, 3.63) is 47.8 Å². The number of nitrogens with one attached hydrogen (secondary N) is 2. The van der Waals surface area contributed by atoms with Crippen molar-refractivity contribution in [3.8, 4) is 0 Å². The summed E-state index contributed by atoms with van der Waals surface area (Å²) in [6.07, 6.45) is -0.640. The van der Waals surface area contributed by atoms with Crippen LogP contribution >= 0.6 is 11.8 Å². The molecule has 260 valence electrons. The van der Waals surface area contributed by atoms with Crippen LogP contribution < -0.4 is 10.6 Å². The summed E-state index contributed by atoms with van der Waals surface area (Å²) in [4.78, 5) is 40.0. The Morgan fingerprint density at radius 3 is 2.47 bits per heavy atom. The average Bonchev–Trinajstić information content (AvgIpc) is 3.28. The molecular weight excluding hydrogens is 633 g/mol. The number of hydrogen-bond acceptors (Lipinski definition) is 9. The summed E-state index contributed by atoms with van der Waals surface area (Å²) in [7, 11) is 0. The number of carboxylic acid groups (broad SMARTS) is 1. The molecule has 1 unspecified atom stereocenters. The fourth-order valence-electron chi connectivity index (χ4n) is 7.27. The van der Waals surface area contributed by atoms with Crippen LogP contribution in [0.1, 0.15) is 56.3 Å². The lowest BCUT2D eigenvalue weighted by Crippen LogP contribution is -2.64. The molecule has 3 fully saturated rings. The van der Waals surface area contributed by atoms with Gasteiger partial charge in [0.2, 0.25) is 5.91 Å². The molecule has 3 amide bonds. The fourth-order valence-corrected chi connectivity index (χ4v) is 8.56. The van der Waals surface area contributed by atoms with Crippen molar-refractivity contribution in [2.45, 2.75) is 99.2 Å². The van der Waals surface area contributed by atoms with Gasteiger partial charge in [-0.2, -0.15) is 0 Å². The van der Waals surface area contributed by atoms with Crippen molar-refractivity contribution < 1.29 is 48.7 Å². The van der Waals surface area contributed by atoms with E-state index in [1.54, 1.807) is 6.08 Å². The number of carbonyl (C=O) groups excluding carboxylic acids is 2. The van der Waals surface area contributed by atoms with E-state index in [1.807, 2.05) is 6.08 Å². The van der Waals surface area contributed by atoms with Gasteiger partial charge in [-0.1, -0.05) is 26.0 Å². The van der Waals surface area contributed by atoms with Gasteiger partial charge in [0.1, 0.15) is 41.7 Å². The molecule has 0 radical (unpaired) electrons. The van der Waals surface area contributed by atoms with Crippen molar-refractivity contribution in [3.63, 3.8) is 0 Å². The van der Waals surface area contributed by atoms with Gasteiger partial charge in [-0.25, -0.2) is 9.18 Å². The Labute approximate surface area is 278 Å². The lowest BCUT2D eigenvalue weighted by atomic mass is 9.85. The van der Waals surface area contributed by atoms with Gasteiger partial charge in [0.25, 0.3) is 5.91 Å². The molecule has 1 aromatic rings. The molecule has 11 atom stereocenters. The fraction of sp³-hybridized carbons (Fsp3) is 0.667. The zero-order valence-electron chi connectivity index (χ0n) is 26.6. The minimum Gasteiger partial charge on any atom is -0.465 e. The van der Waals surface area contributed by atoms with Gasteiger partial charge < -0.3 is 40.5 Å². The van der Waals surface area contributed by atoms with Crippen molar-refractivity contribution in [2.75, 3.05) is 19.7 Å². The summed E-state index contributed by atoms with van der Waals surface area (Å²) in [6.45, 7) is 5.10. The number of allylic oxidation sites excluding steroid dienone is 1. The molecule has 0 spiro atoms. The molecule has 6 N–H and O–H groups in total. The predicted molar refractivity (Wildman–Crippen MR) is 171 cm³/mol. The average molecular weight is 680 g/mol. The molecule has 0 aliphatic carbocycles. The molecule has 4 aliphatic heterocycles. The highest BCUT2D eigenvalue weighted by molar-refractivity contribution is 8.00. The Morgan fingerprint density at radius 1 is 1.04 bits per heavy atom. The van der Waals surface area contributed by atoms with Crippen molar-refractivity contribution in [1.29, 1.82) is 0 Å². The van der Waals surface area contributed by atoms with Crippen molar-refractivity contribution >= 4 is 29.7 Å². The van der Waals surface area contributed by atoms with Gasteiger partial charge in [-0.3, -0.25) is 14.5 Å². The van der Waals surface area contributed by atoms with Crippen LogP contribution in [0.15, 0.2) is 36.4 Å². The molecule has 3 saturated heterocycles. The Bertz CT molecular complexity index is 1290. The molecule has 1 aromatic carbocycles. The molecule has 2 bridgehead atoms. The maximum Gasteiger partial charge on any atom is 0.408 e. The first-order valence-corrected chi connectivity index (χ1v) is 17.3. The molecular formula is C33H46FN3O9S.